The molecule has 0 radical (unpaired) electrons. The lowest BCUT2D eigenvalue weighted by Crippen LogP contribution is -2.38. The molecule has 0 fully saturated rings. The first kappa shape index (κ1) is 19.7. The third kappa shape index (κ3) is 5.72. The Labute approximate surface area is 156 Å². The Morgan fingerprint density at radius 1 is 1.04 bits per heavy atom. The van der Waals surface area contributed by atoms with Crippen molar-refractivity contribution < 1.29 is 4.79 Å². The Morgan fingerprint density at radius 3 is 2.35 bits per heavy atom. The Bertz CT molecular complexity index is 712. The number of aromatic nitrogens is 2. The molecule has 1 aromatic carbocycles. The molecule has 6 heteroatoms. The Hall–Kier alpha value is -2.63. The van der Waals surface area contributed by atoms with Crippen molar-refractivity contribution in [1.82, 2.24) is 10.2 Å². The van der Waals surface area contributed by atoms with Crippen molar-refractivity contribution in [3.63, 3.8) is 0 Å². The molecule has 0 saturated carbocycles. The van der Waals surface area contributed by atoms with Gasteiger partial charge in [0, 0.05) is 18.8 Å². The van der Waals surface area contributed by atoms with Crippen LogP contribution in [0.2, 0.25) is 0 Å². The average molecular weight is 355 g/mol. The van der Waals surface area contributed by atoms with Crippen LogP contribution in [0.3, 0.4) is 0 Å². The van der Waals surface area contributed by atoms with Gasteiger partial charge in [-0.3, -0.25) is 4.90 Å². The fraction of sp³-hybridized carbons (Fsp3) is 0.450. The van der Waals surface area contributed by atoms with Crippen molar-refractivity contribution in [1.29, 1.82) is 0 Å². The summed E-state index contributed by atoms with van der Waals surface area (Å²) in [6.07, 6.45) is 0. The van der Waals surface area contributed by atoms with Crippen LogP contribution in [0.15, 0.2) is 36.4 Å². The minimum absolute atomic E-state index is 0.204. The molecule has 6 nitrogen and oxygen atoms in total. The van der Waals surface area contributed by atoms with Crippen molar-refractivity contribution >= 4 is 23.4 Å². The molecular formula is C20H29N5O. The van der Waals surface area contributed by atoms with E-state index >= 15 is 0 Å². The third-order valence-corrected chi connectivity index (χ3v) is 3.80. The molecule has 0 aliphatic heterocycles. The van der Waals surface area contributed by atoms with Crippen LogP contribution in [-0.4, -0.2) is 29.3 Å². The van der Waals surface area contributed by atoms with Crippen molar-refractivity contribution in [2.75, 3.05) is 28.6 Å². The number of aryl methyl sites for hydroxylation is 1. The predicted molar refractivity (Wildman–Crippen MR) is 108 cm³/mol. The normalized spacial score (nSPS) is 10.9. The lowest BCUT2D eigenvalue weighted by molar-refractivity contribution is 0.256. The van der Waals surface area contributed by atoms with Crippen LogP contribution in [0.4, 0.5) is 22.1 Å². The van der Waals surface area contributed by atoms with E-state index in [1.807, 2.05) is 43.3 Å². The van der Waals surface area contributed by atoms with Crippen LogP contribution in [0.1, 0.15) is 33.3 Å². The summed E-state index contributed by atoms with van der Waals surface area (Å²) < 4.78 is 0. The molecule has 0 aliphatic rings. The highest BCUT2D eigenvalue weighted by atomic mass is 16.2. The summed E-state index contributed by atoms with van der Waals surface area (Å²) in [7, 11) is 0. The Kier molecular flexibility index (Phi) is 6.95. The van der Waals surface area contributed by atoms with Gasteiger partial charge in [-0.15, -0.1) is 10.2 Å². The molecule has 0 atom stereocenters. The molecular weight excluding hydrogens is 326 g/mol. The van der Waals surface area contributed by atoms with Crippen LogP contribution in [0.25, 0.3) is 0 Å². The summed E-state index contributed by atoms with van der Waals surface area (Å²) >= 11 is 0. The van der Waals surface area contributed by atoms with Gasteiger partial charge < -0.3 is 10.6 Å². The number of hydrogen-bond donors (Lipinski definition) is 2. The fourth-order valence-corrected chi connectivity index (χ4v) is 2.41. The molecule has 2 rings (SSSR count). The highest BCUT2D eigenvalue weighted by Gasteiger charge is 2.19. The standard InChI is InChI=1S/C20H29N5O/c1-14(2)12-21-18-10-11-19(24-23-18)25(13-15(3)4)20(26)22-17-9-7-6-8-16(17)5/h6-11,14-15H,12-13H2,1-5H3,(H,21,23)(H,22,26). The number of para-hydroxylation sites is 1. The molecule has 2 aromatic rings. The summed E-state index contributed by atoms with van der Waals surface area (Å²) in [5.74, 6) is 2.08. The highest BCUT2D eigenvalue weighted by molar-refractivity contribution is 6.01. The maximum absolute atomic E-state index is 12.8. The van der Waals surface area contributed by atoms with E-state index < -0.39 is 0 Å². The lowest BCUT2D eigenvalue weighted by atomic mass is 10.2. The van der Waals surface area contributed by atoms with E-state index in [0.29, 0.717) is 30.0 Å². The van der Waals surface area contributed by atoms with Crippen molar-refractivity contribution in [3.05, 3.63) is 42.0 Å². The van der Waals surface area contributed by atoms with Crippen molar-refractivity contribution in [3.8, 4) is 0 Å². The summed E-state index contributed by atoms with van der Waals surface area (Å²) in [6, 6.07) is 11.2. The second-order valence-corrected chi connectivity index (χ2v) is 7.30. The first-order chi connectivity index (χ1) is 12.4. The van der Waals surface area contributed by atoms with Crippen LogP contribution in [-0.2, 0) is 0 Å². The van der Waals surface area contributed by atoms with Gasteiger partial charge in [0.2, 0.25) is 0 Å². The number of carbonyl (C=O) groups excluding carboxylic acids is 1. The van der Waals surface area contributed by atoms with Crippen molar-refractivity contribution in [2.24, 2.45) is 11.8 Å². The summed E-state index contributed by atoms with van der Waals surface area (Å²) in [5, 5.41) is 14.7. The Morgan fingerprint density at radius 2 is 1.77 bits per heavy atom. The largest absolute Gasteiger partial charge is 0.368 e. The van der Waals surface area contributed by atoms with Gasteiger partial charge in [-0.25, -0.2) is 4.79 Å². The monoisotopic (exact) mass is 355 g/mol. The second-order valence-electron chi connectivity index (χ2n) is 7.30. The number of carbonyl (C=O) groups is 1. The first-order valence-corrected chi connectivity index (χ1v) is 9.08. The summed E-state index contributed by atoms with van der Waals surface area (Å²) in [6.45, 7) is 11.8. The molecule has 140 valence electrons. The van der Waals surface area contributed by atoms with E-state index in [2.05, 4.69) is 48.5 Å². The SMILES string of the molecule is Cc1ccccc1NC(=O)N(CC(C)C)c1ccc(NCC(C)C)nn1. The molecule has 0 aliphatic carbocycles. The number of nitrogens with zero attached hydrogens (tertiary/aromatic N) is 3. The third-order valence-electron chi connectivity index (χ3n) is 3.80. The smallest absolute Gasteiger partial charge is 0.327 e. The molecule has 0 saturated heterocycles. The lowest BCUT2D eigenvalue weighted by Gasteiger charge is -2.24. The molecule has 0 spiro atoms. The molecule has 2 amide bonds. The number of amides is 2. The predicted octanol–water partition coefficient (Wildman–Crippen LogP) is 4.55. The molecule has 1 aromatic heterocycles. The molecule has 26 heavy (non-hydrogen) atoms. The second kappa shape index (κ2) is 9.17. The Balaban J connectivity index is 2.15. The minimum atomic E-state index is -0.204. The van der Waals surface area contributed by atoms with E-state index in [4.69, 9.17) is 0 Å². The maximum Gasteiger partial charge on any atom is 0.327 e. The zero-order chi connectivity index (χ0) is 19.1. The van der Waals surface area contributed by atoms with Gasteiger partial charge >= 0.3 is 6.03 Å². The zero-order valence-corrected chi connectivity index (χ0v) is 16.3. The summed E-state index contributed by atoms with van der Waals surface area (Å²) in [5.41, 5.74) is 1.82. The number of hydrogen-bond acceptors (Lipinski definition) is 4. The first-order valence-electron chi connectivity index (χ1n) is 9.08. The molecule has 0 unspecified atom stereocenters. The van der Waals surface area contributed by atoms with Crippen molar-refractivity contribution in [2.45, 2.75) is 34.6 Å². The van der Waals surface area contributed by atoms with Gasteiger partial charge in [-0.05, 0) is 42.5 Å². The van der Waals surface area contributed by atoms with E-state index in [1.165, 1.54) is 0 Å². The number of urea groups is 1. The minimum Gasteiger partial charge on any atom is -0.368 e. The van der Waals surface area contributed by atoms with Gasteiger partial charge in [0.15, 0.2) is 5.82 Å². The van der Waals surface area contributed by atoms with Gasteiger partial charge in [0.1, 0.15) is 5.82 Å². The number of benzene rings is 1. The van der Waals surface area contributed by atoms with Crippen LogP contribution in [0, 0.1) is 18.8 Å². The molecule has 2 N–H and O–H groups in total. The van der Waals surface area contributed by atoms with E-state index in [-0.39, 0.29) is 6.03 Å². The van der Waals surface area contributed by atoms with Gasteiger partial charge in [-0.2, -0.15) is 0 Å². The quantitative estimate of drug-likeness (QED) is 0.764. The van der Waals surface area contributed by atoms with E-state index in [9.17, 15) is 4.79 Å². The van der Waals surface area contributed by atoms with Gasteiger partial charge in [-0.1, -0.05) is 45.9 Å². The van der Waals surface area contributed by atoms with Gasteiger partial charge in [0.05, 0.1) is 0 Å². The van der Waals surface area contributed by atoms with E-state index in [1.54, 1.807) is 4.90 Å². The molecule has 1 heterocycles. The van der Waals surface area contributed by atoms with Crippen LogP contribution in [0.5, 0.6) is 0 Å². The highest BCUT2D eigenvalue weighted by Crippen LogP contribution is 2.18. The topological polar surface area (TPSA) is 70.2 Å². The van der Waals surface area contributed by atoms with Crippen LogP contribution >= 0.6 is 0 Å². The molecule has 0 bridgehead atoms. The zero-order valence-electron chi connectivity index (χ0n) is 16.3. The number of anilines is 3. The van der Waals surface area contributed by atoms with Gasteiger partial charge in [0.25, 0.3) is 0 Å². The van der Waals surface area contributed by atoms with E-state index in [0.717, 1.165) is 17.8 Å². The number of nitrogens with one attached hydrogen (secondary N) is 2. The number of rotatable bonds is 7. The fourth-order valence-electron chi connectivity index (χ4n) is 2.41. The summed E-state index contributed by atoms with van der Waals surface area (Å²) in [4.78, 5) is 14.5. The van der Waals surface area contributed by atoms with Crippen LogP contribution < -0.4 is 15.5 Å². The average Bonchev–Trinajstić information content (AvgIpc) is 2.60. The maximum atomic E-state index is 12.8.